The van der Waals surface area contributed by atoms with Crippen LogP contribution < -0.4 is 5.32 Å². The Morgan fingerprint density at radius 1 is 1.32 bits per heavy atom. The summed E-state index contributed by atoms with van der Waals surface area (Å²) in [4.78, 5) is 4.00. The van der Waals surface area contributed by atoms with Crippen molar-refractivity contribution in [3.05, 3.63) is 51.4 Å². The lowest BCUT2D eigenvalue weighted by Gasteiger charge is -2.13. The van der Waals surface area contributed by atoms with Gasteiger partial charge in [0.15, 0.2) is 5.82 Å². The number of hydrogen-bond donors (Lipinski definition) is 2. The predicted octanol–water partition coefficient (Wildman–Crippen LogP) is 3.69. The fraction of sp³-hybridized carbons (Fsp3) is 0.133. The van der Waals surface area contributed by atoms with Crippen molar-refractivity contribution in [3.63, 3.8) is 0 Å². The molecule has 3 rings (SSSR count). The molecule has 0 spiro atoms. The van der Waals surface area contributed by atoms with Crippen LogP contribution in [0, 0.1) is 15.2 Å². The molecule has 0 unspecified atom stereocenters. The molecule has 0 aliphatic heterocycles. The maximum Gasteiger partial charge on any atom is 0.174 e. The molecule has 3 aromatic rings. The maximum atomic E-state index is 14.7. The lowest BCUT2D eigenvalue weighted by molar-refractivity contribution is 0.282. The van der Waals surface area contributed by atoms with Gasteiger partial charge < -0.3 is 15.0 Å². The molecule has 0 radical (unpaired) electrons. The van der Waals surface area contributed by atoms with E-state index in [4.69, 9.17) is 0 Å². The van der Waals surface area contributed by atoms with Gasteiger partial charge in [0.25, 0.3) is 0 Å². The van der Waals surface area contributed by atoms with Crippen LogP contribution in [0.4, 0.5) is 20.2 Å². The zero-order valence-corrected chi connectivity index (χ0v) is 13.7. The van der Waals surface area contributed by atoms with Gasteiger partial charge in [-0.25, -0.2) is 13.8 Å². The molecular formula is C15H12F2IN3O. The molecule has 1 aromatic heterocycles. The first kappa shape index (κ1) is 15.2. The molecule has 7 heteroatoms. The van der Waals surface area contributed by atoms with E-state index in [-0.39, 0.29) is 23.5 Å². The summed E-state index contributed by atoms with van der Waals surface area (Å²) in [5.41, 5.74) is 1.26. The summed E-state index contributed by atoms with van der Waals surface area (Å²) in [5, 5.41) is 12.2. The Kier molecular flexibility index (Phi) is 4.00. The molecule has 0 amide bonds. The first-order chi connectivity index (χ1) is 10.5. The van der Waals surface area contributed by atoms with E-state index < -0.39 is 11.6 Å². The van der Waals surface area contributed by atoms with Gasteiger partial charge in [-0.3, -0.25) is 0 Å². The summed E-state index contributed by atoms with van der Waals surface area (Å²) in [7, 11) is 1.74. The van der Waals surface area contributed by atoms with Crippen molar-refractivity contribution in [2.24, 2.45) is 7.05 Å². The zero-order valence-electron chi connectivity index (χ0n) is 11.6. The van der Waals surface area contributed by atoms with Crippen LogP contribution in [-0.4, -0.2) is 14.7 Å². The third-order valence-electron chi connectivity index (χ3n) is 3.40. The van der Waals surface area contributed by atoms with Gasteiger partial charge in [0.05, 0.1) is 29.8 Å². The number of halogens is 3. The lowest BCUT2D eigenvalue weighted by atomic mass is 10.1. The number of aromatic nitrogens is 2. The summed E-state index contributed by atoms with van der Waals surface area (Å²) in [6.45, 7) is -0.369. The van der Waals surface area contributed by atoms with E-state index >= 15 is 0 Å². The molecule has 0 atom stereocenters. The molecule has 2 aromatic carbocycles. The monoisotopic (exact) mass is 415 g/mol. The first-order valence-electron chi connectivity index (χ1n) is 6.46. The average Bonchev–Trinajstić information content (AvgIpc) is 2.85. The van der Waals surface area contributed by atoms with Gasteiger partial charge in [0, 0.05) is 16.2 Å². The molecule has 114 valence electrons. The number of fused-ring (bicyclic) bond motifs is 1. The largest absolute Gasteiger partial charge is 0.392 e. The summed E-state index contributed by atoms with van der Waals surface area (Å²) in [5.74, 6) is -1.10. The van der Waals surface area contributed by atoms with Crippen LogP contribution in [0.1, 0.15) is 5.56 Å². The molecule has 0 saturated heterocycles. The number of nitrogens with zero attached hydrogens (tertiary/aromatic N) is 2. The Balaban J connectivity index is 2.15. The molecule has 22 heavy (non-hydrogen) atoms. The zero-order chi connectivity index (χ0) is 15.9. The number of nitrogens with one attached hydrogen (secondary N) is 1. The molecule has 0 aliphatic carbocycles. The molecule has 4 nitrogen and oxygen atoms in total. The lowest BCUT2D eigenvalue weighted by Crippen LogP contribution is -2.03. The van der Waals surface area contributed by atoms with E-state index in [2.05, 4.69) is 10.3 Å². The number of imidazole rings is 1. The van der Waals surface area contributed by atoms with Gasteiger partial charge in [-0.05, 0) is 46.9 Å². The van der Waals surface area contributed by atoms with E-state index in [1.807, 2.05) is 22.6 Å². The normalized spacial score (nSPS) is 11.1. The van der Waals surface area contributed by atoms with Gasteiger partial charge >= 0.3 is 0 Å². The van der Waals surface area contributed by atoms with Crippen molar-refractivity contribution in [3.8, 4) is 0 Å². The number of anilines is 2. The number of rotatable bonds is 3. The van der Waals surface area contributed by atoms with Crippen molar-refractivity contribution in [1.82, 2.24) is 9.55 Å². The fourth-order valence-electron chi connectivity index (χ4n) is 2.26. The Morgan fingerprint density at radius 2 is 2.09 bits per heavy atom. The number of aliphatic hydroxyl groups is 1. The van der Waals surface area contributed by atoms with Crippen LogP contribution in [0.25, 0.3) is 11.0 Å². The highest BCUT2D eigenvalue weighted by Crippen LogP contribution is 2.31. The van der Waals surface area contributed by atoms with Crippen molar-refractivity contribution >= 4 is 45.0 Å². The van der Waals surface area contributed by atoms with Crippen molar-refractivity contribution in [2.75, 3.05) is 5.32 Å². The molecule has 1 heterocycles. The summed E-state index contributed by atoms with van der Waals surface area (Å²) in [6, 6.07) is 6.22. The second-order valence-electron chi connectivity index (χ2n) is 4.86. The number of aryl methyl sites for hydroxylation is 1. The molecule has 2 N–H and O–H groups in total. The van der Waals surface area contributed by atoms with Crippen LogP contribution in [0.3, 0.4) is 0 Å². The van der Waals surface area contributed by atoms with Crippen molar-refractivity contribution in [2.45, 2.75) is 6.61 Å². The fourth-order valence-corrected chi connectivity index (χ4v) is 2.71. The highest BCUT2D eigenvalue weighted by molar-refractivity contribution is 14.1. The number of benzene rings is 2. The van der Waals surface area contributed by atoms with E-state index in [1.54, 1.807) is 23.7 Å². The smallest absolute Gasteiger partial charge is 0.174 e. The number of hydrogen-bond acceptors (Lipinski definition) is 3. The second-order valence-corrected chi connectivity index (χ2v) is 6.10. The predicted molar refractivity (Wildman–Crippen MR) is 89.0 cm³/mol. The van der Waals surface area contributed by atoms with Crippen LogP contribution in [-0.2, 0) is 13.7 Å². The van der Waals surface area contributed by atoms with E-state index in [0.29, 0.717) is 11.1 Å². The van der Waals surface area contributed by atoms with Crippen LogP contribution >= 0.6 is 22.6 Å². The minimum atomic E-state index is -0.611. The van der Waals surface area contributed by atoms with E-state index in [0.717, 1.165) is 3.57 Å². The topological polar surface area (TPSA) is 50.1 Å². The average molecular weight is 415 g/mol. The van der Waals surface area contributed by atoms with Crippen molar-refractivity contribution < 1.29 is 13.9 Å². The SMILES string of the molecule is Cn1cnc2c(F)c(Nc3ccc(I)cc3F)c(CO)cc21. The quantitative estimate of drug-likeness (QED) is 0.642. The minimum Gasteiger partial charge on any atom is -0.392 e. The number of aliphatic hydroxyl groups excluding tert-OH is 1. The standard InChI is InChI=1S/C15H12F2IN3O/c1-21-7-19-15-12(21)4-8(6-22)14(13(15)17)20-11-3-2-9(18)5-10(11)16/h2-5,7,20,22H,6H2,1H3. The molecule has 0 bridgehead atoms. The molecular weight excluding hydrogens is 403 g/mol. The van der Waals surface area contributed by atoms with Crippen LogP contribution in [0.15, 0.2) is 30.6 Å². The minimum absolute atomic E-state index is 0.0359. The maximum absolute atomic E-state index is 14.7. The highest BCUT2D eigenvalue weighted by Gasteiger charge is 2.17. The second kappa shape index (κ2) is 5.81. The Labute approximate surface area is 138 Å². The van der Waals surface area contributed by atoms with Gasteiger partial charge in [0.1, 0.15) is 11.3 Å². The molecule has 0 fully saturated rings. The Hall–Kier alpha value is -1.74. The molecule has 0 saturated carbocycles. The highest BCUT2D eigenvalue weighted by atomic mass is 127. The Morgan fingerprint density at radius 3 is 2.77 bits per heavy atom. The van der Waals surface area contributed by atoms with Gasteiger partial charge in [-0.15, -0.1) is 0 Å². The van der Waals surface area contributed by atoms with E-state index in [9.17, 15) is 13.9 Å². The van der Waals surface area contributed by atoms with Crippen LogP contribution in [0.5, 0.6) is 0 Å². The van der Waals surface area contributed by atoms with E-state index in [1.165, 1.54) is 18.5 Å². The Bertz CT molecular complexity index is 864. The summed E-state index contributed by atoms with van der Waals surface area (Å²) in [6.07, 6.45) is 1.49. The summed E-state index contributed by atoms with van der Waals surface area (Å²) >= 11 is 1.99. The van der Waals surface area contributed by atoms with Crippen molar-refractivity contribution in [1.29, 1.82) is 0 Å². The van der Waals surface area contributed by atoms with Gasteiger partial charge in [-0.1, -0.05) is 0 Å². The third kappa shape index (κ3) is 2.54. The van der Waals surface area contributed by atoms with Gasteiger partial charge in [-0.2, -0.15) is 0 Å². The van der Waals surface area contributed by atoms with Gasteiger partial charge in [0.2, 0.25) is 0 Å². The molecule has 0 aliphatic rings. The van der Waals surface area contributed by atoms with Crippen LogP contribution in [0.2, 0.25) is 0 Å². The summed E-state index contributed by atoms with van der Waals surface area (Å²) < 4.78 is 31.0. The first-order valence-corrected chi connectivity index (χ1v) is 7.54. The third-order valence-corrected chi connectivity index (χ3v) is 4.07.